The number of amides is 1. The van der Waals surface area contributed by atoms with E-state index < -0.39 is 0 Å². The molecule has 4 heterocycles. The Hall–Kier alpha value is -1.66. The van der Waals surface area contributed by atoms with Crippen molar-refractivity contribution in [2.75, 3.05) is 7.05 Å². The molecule has 2 aliphatic rings. The zero-order valence-corrected chi connectivity index (χ0v) is 13.4. The van der Waals surface area contributed by atoms with Crippen molar-refractivity contribution in [3.8, 4) is 10.6 Å². The highest BCUT2D eigenvalue weighted by molar-refractivity contribution is 7.13. The number of hydrogen-bond acceptors (Lipinski definition) is 4. The third-order valence-electron chi connectivity index (χ3n) is 5.03. The van der Waals surface area contributed by atoms with Gasteiger partial charge in [-0.3, -0.25) is 9.89 Å². The number of piperidine rings is 1. The molecule has 2 aromatic heterocycles. The highest BCUT2D eigenvalue weighted by Crippen LogP contribution is 2.34. The number of carbonyl (C=O) groups excluding carboxylic acids is 1. The Bertz CT molecular complexity index is 652. The molecular formula is C16H20N4OS. The molecule has 2 fully saturated rings. The van der Waals surface area contributed by atoms with Crippen LogP contribution in [0.1, 0.15) is 36.2 Å². The van der Waals surface area contributed by atoms with E-state index >= 15 is 0 Å². The Morgan fingerprint density at radius 3 is 2.86 bits per heavy atom. The van der Waals surface area contributed by atoms with Crippen LogP contribution in [0.25, 0.3) is 10.6 Å². The van der Waals surface area contributed by atoms with Gasteiger partial charge in [0.2, 0.25) is 0 Å². The average Bonchev–Trinajstić information content (AvgIpc) is 3.20. The molecule has 116 valence electrons. The fourth-order valence-corrected chi connectivity index (χ4v) is 4.48. The van der Waals surface area contributed by atoms with Gasteiger partial charge in [0.15, 0.2) is 5.69 Å². The Balaban J connectivity index is 1.43. The number of carbonyl (C=O) groups is 1. The van der Waals surface area contributed by atoms with Crippen LogP contribution in [0.3, 0.4) is 0 Å². The number of rotatable bonds is 3. The van der Waals surface area contributed by atoms with Crippen LogP contribution < -0.4 is 5.32 Å². The van der Waals surface area contributed by atoms with Gasteiger partial charge in [-0.05, 0) is 50.2 Å². The van der Waals surface area contributed by atoms with Crippen molar-refractivity contribution < 1.29 is 4.79 Å². The first-order valence-electron chi connectivity index (χ1n) is 7.83. The Kier molecular flexibility index (Phi) is 3.50. The van der Waals surface area contributed by atoms with Crippen molar-refractivity contribution in [1.29, 1.82) is 0 Å². The number of nitrogens with zero attached hydrogens (tertiary/aromatic N) is 2. The number of fused-ring (bicyclic) bond motifs is 2. The van der Waals surface area contributed by atoms with Gasteiger partial charge in [0.05, 0.1) is 10.6 Å². The van der Waals surface area contributed by atoms with Gasteiger partial charge in [-0.2, -0.15) is 5.10 Å². The first-order chi connectivity index (χ1) is 10.7. The lowest BCUT2D eigenvalue weighted by Gasteiger charge is -2.36. The Morgan fingerprint density at radius 2 is 2.18 bits per heavy atom. The summed E-state index contributed by atoms with van der Waals surface area (Å²) in [7, 11) is 2.21. The van der Waals surface area contributed by atoms with Crippen molar-refractivity contribution in [2.24, 2.45) is 0 Å². The van der Waals surface area contributed by atoms with Crippen LogP contribution in [0.15, 0.2) is 23.6 Å². The number of H-pyrrole nitrogens is 1. The molecule has 2 aromatic rings. The molecule has 2 saturated heterocycles. The minimum Gasteiger partial charge on any atom is -0.348 e. The van der Waals surface area contributed by atoms with E-state index in [1.807, 2.05) is 23.6 Å². The van der Waals surface area contributed by atoms with E-state index in [4.69, 9.17) is 0 Å². The molecule has 2 bridgehead atoms. The average molecular weight is 316 g/mol. The maximum atomic E-state index is 12.4. The number of aromatic amines is 1. The topological polar surface area (TPSA) is 61.0 Å². The lowest BCUT2D eigenvalue weighted by Crippen LogP contribution is -2.48. The summed E-state index contributed by atoms with van der Waals surface area (Å²) in [5.74, 6) is -0.0620. The van der Waals surface area contributed by atoms with Crippen LogP contribution in [0.2, 0.25) is 0 Å². The van der Waals surface area contributed by atoms with Gasteiger partial charge in [0, 0.05) is 18.1 Å². The second kappa shape index (κ2) is 5.52. The summed E-state index contributed by atoms with van der Waals surface area (Å²) >= 11 is 1.64. The summed E-state index contributed by atoms with van der Waals surface area (Å²) < 4.78 is 0. The minimum atomic E-state index is -0.0620. The van der Waals surface area contributed by atoms with Crippen molar-refractivity contribution in [2.45, 2.75) is 43.8 Å². The maximum absolute atomic E-state index is 12.4. The zero-order valence-electron chi connectivity index (χ0n) is 12.6. The fourth-order valence-electron chi connectivity index (χ4n) is 3.78. The van der Waals surface area contributed by atoms with E-state index in [0.29, 0.717) is 17.8 Å². The molecule has 22 heavy (non-hydrogen) atoms. The van der Waals surface area contributed by atoms with E-state index in [0.717, 1.165) is 23.4 Å². The van der Waals surface area contributed by atoms with Gasteiger partial charge >= 0.3 is 0 Å². The molecule has 6 heteroatoms. The highest BCUT2D eigenvalue weighted by Gasteiger charge is 2.38. The summed E-state index contributed by atoms with van der Waals surface area (Å²) in [5, 5.41) is 12.3. The molecule has 2 atom stereocenters. The largest absolute Gasteiger partial charge is 0.348 e. The second-order valence-corrected chi connectivity index (χ2v) is 7.28. The number of aromatic nitrogens is 2. The van der Waals surface area contributed by atoms with E-state index in [-0.39, 0.29) is 11.9 Å². The summed E-state index contributed by atoms with van der Waals surface area (Å²) in [4.78, 5) is 16.0. The molecule has 2 unspecified atom stereocenters. The van der Waals surface area contributed by atoms with Crippen LogP contribution in [0.4, 0.5) is 0 Å². The van der Waals surface area contributed by atoms with Gasteiger partial charge < -0.3 is 10.2 Å². The van der Waals surface area contributed by atoms with Gasteiger partial charge in [0.1, 0.15) is 0 Å². The van der Waals surface area contributed by atoms with Gasteiger partial charge in [-0.25, -0.2) is 0 Å². The molecule has 0 saturated carbocycles. The van der Waals surface area contributed by atoms with Gasteiger partial charge in [-0.1, -0.05) is 6.07 Å². The maximum Gasteiger partial charge on any atom is 0.272 e. The predicted octanol–water partition coefficient (Wildman–Crippen LogP) is 2.49. The van der Waals surface area contributed by atoms with Crippen molar-refractivity contribution in [3.05, 3.63) is 29.3 Å². The zero-order chi connectivity index (χ0) is 15.1. The van der Waals surface area contributed by atoms with E-state index in [2.05, 4.69) is 27.5 Å². The van der Waals surface area contributed by atoms with Crippen LogP contribution in [0.5, 0.6) is 0 Å². The summed E-state index contributed by atoms with van der Waals surface area (Å²) in [6.07, 6.45) is 4.64. The van der Waals surface area contributed by atoms with Crippen molar-refractivity contribution in [1.82, 2.24) is 20.4 Å². The van der Waals surface area contributed by atoms with E-state index in [1.54, 1.807) is 11.3 Å². The summed E-state index contributed by atoms with van der Waals surface area (Å²) in [6, 6.07) is 7.40. The van der Waals surface area contributed by atoms with Crippen molar-refractivity contribution in [3.63, 3.8) is 0 Å². The van der Waals surface area contributed by atoms with Crippen molar-refractivity contribution >= 4 is 17.2 Å². The lowest BCUT2D eigenvalue weighted by molar-refractivity contribution is 0.0877. The SMILES string of the molecule is CN1C2CCC1CC(NC(=O)c1cc(-c3cccs3)[nH]n1)C2. The predicted molar refractivity (Wildman–Crippen MR) is 87.0 cm³/mol. The number of thiophene rings is 1. The molecule has 0 aliphatic carbocycles. The lowest BCUT2D eigenvalue weighted by atomic mass is 9.98. The third kappa shape index (κ3) is 2.46. The molecule has 1 amide bonds. The second-order valence-electron chi connectivity index (χ2n) is 6.34. The molecular weight excluding hydrogens is 296 g/mol. The van der Waals surface area contributed by atoms with Gasteiger partial charge in [-0.15, -0.1) is 11.3 Å². The Labute approximate surface area is 133 Å². The molecule has 5 nitrogen and oxygen atoms in total. The monoisotopic (exact) mass is 316 g/mol. The van der Waals surface area contributed by atoms with E-state index in [9.17, 15) is 4.79 Å². The van der Waals surface area contributed by atoms with Crippen LogP contribution in [-0.4, -0.2) is 46.2 Å². The third-order valence-corrected chi connectivity index (χ3v) is 5.93. The standard InChI is InChI=1S/C16H20N4OS/c1-20-11-4-5-12(20)8-10(7-11)17-16(21)14-9-13(18-19-14)15-3-2-6-22-15/h2-3,6,9-12H,4-5,7-8H2,1H3,(H,17,21)(H,18,19). The van der Waals surface area contributed by atoms with Gasteiger partial charge in [0.25, 0.3) is 5.91 Å². The number of hydrogen-bond donors (Lipinski definition) is 2. The molecule has 0 radical (unpaired) electrons. The minimum absolute atomic E-state index is 0.0620. The highest BCUT2D eigenvalue weighted by atomic mass is 32.1. The molecule has 2 aliphatic heterocycles. The first kappa shape index (κ1) is 14.0. The van der Waals surface area contributed by atoms with Crippen LogP contribution in [-0.2, 0) is 0 Å². The smallest absolute Gasteiger partial charge is 0.272 e. The molecule has 0 aromatic carbocycles. The van der Waals surface area contributed by atoms with E-state index in [1.165, 1.54) is 12.8 Å². The Morgan fingerprint density at radius 1 is 1.41 bits per heavy atom. The fraction of sp³-hybridized carbons (Fsp3) is 0.500. The summed E-state index contributed by atoms with van der Waals surface area (Å²) in [5.41, 5.74) is 1.39. The molecule has 2 N–H and O–H groups in total. The molecule has 4 rings (SSSR count). The quantitative estimate of drug-likeness (QED) is 0.914. The first-order valence-corrected chi connectivity index (χ1v) is 8.71. The summed E-state index contributed by atoms with van der Waals surface area (Å²) in [6.45, 7) is 0. The normalized spacial score (nSPS) is 28.0. The van der Waals surface area contributed by atoms with Crippen LogP contribution >= 0.6 is 11.3 Å². The number of nitrogens with one attached hydrogen (secondary N) is 2. The molecule has 0 spiro atoms. The van der Waals surface area contributed by atoms with Crippen LogP contribution in [0, 0.1) is 0 Å².